The van der Waals surface area contributed by atoms with Gasteiger partial charge in [0.25, 0.3) is 5.91 Å². The third kappa shape index (κ3) is 4.40. The van der Waals surface area contributed by atoms with E-state index in [4.69, 9.17) is 0 Å². The lowest BCUT2D eigenvalue weighted by Gasteiger charge is -2.34. The van der Waals surface area contributed by atoms with Crippen molar-refractivity contribution in [2.45, 2.75) is 39.2 Å². The molecule has 5 amide bonds. The first-order valence-corrected chi connectivity index (χ1v) is 10.7. The van der Waals surface area contributed by atoms with Gasteiger partial charge in [-0.15, -0.1) is 0 Å². The number of halogens is 1. The lowest BCUT2D eigenvalue weighted by atomic mass is 9.92. The SMILES string of the molecule is CCN(CC)C(=O)C1CCN(C(=O)CN2C(=O)NC(C)(c3ccc(F)cc3)C2=O)CC1. The lowest BCUT2D eigenvalue weighted by molar-refractivity contribution is -0.142. The molecule has 9 heteroatoms. The maximum atomic E-state index is 13.2. The smallest absolute Gasteiger partial charge is 0.325 e. The maximum absolute atomic E-state index is 13.2. The average molecular weight is 432 g/mol. The van der Waals surface area contributed by atoms with Crippen LogP contribution < -0.4 is 5.32 Å². The van der Waals surface area contributed by atoms with Crippen molar-refractivity contribution in [2.75, 3.05) is 32.7 Å². The maximum Gasteiger partial charge on any atom is 0.325 e. The fraction of sp³-hybridized carbons (Fsp3) is 0.545. The molecule has 0 aliphatic carbocycles. The number of hydrogen-bond acceptors (Lipinski definition) is 4. The predicted octanol–water partition coefficient (Wildman–Crippen LogP) is 1.70. The molecule has 1 N–H and O–H groups in total. The van der Waals surface area contributed by atoms with Gasteiger partial charge in [0, 0.05) is 32.1 Å². The number of urea groups is 1. The summed E-state index contributed by atoms with van der Waals surface area (Å²) in [6.07, 6.45) is 1.13. The molecule has 0 saturated carbocycles. The van der Waals surface area contributed by atoms with Crippen molar-refractivity contribution in [1.82, 2.24) is 20.0 Å². The molecule has 2 saturated heterocycles. The van der Waals surface area contributed by atoms with Gasteiger partial charge >= 0.3 is 6.03 Å². The molecule has 1 aromatic rings. The molecule has 2 aliphatic rings. The molecule has 168 valence electrons. The van der Waals surface area contributed by atoms with Crippen molar-refractivity contribution in [1.29, 1.82) is 0 Å². The molecule has 8 nitrogen and oxygen atoms in total. The number of nitrogens with zero attached hydrogens (tertiary/aromatic N) is 3. The third-order valence-electron chi connectivity index (χ3n) is 6.26. The number of hydrogen-bond donors (Lipinski definition) is 1. The minimum atomic E-state index is -1.35. The first kappa shape index (κ1) is 22.7. The summed E-state index contributed by atoms with van der Waals surface area (Å²) < 4.78 is 13.2. The van der Waals surface area contributed by atoms with E-state index in [0.29, 0.717) is 44.6 Å². The molecule has 0 spiro atoms. The summed E-state index contributed by atoms with van der Waals surface area (Å²) >= 11 is 0. The van der Waals surface area contributed by atoms with Gasteiger partial charge in [-0.1, -0.05) is 12.1 Å². The largest absolute Gasteiger partial charge is 0.343 e. The van der Waals surface area contributed by atoms with Gasteiger partial charge < -0.3 is 15.1 Å². The molecule has 31 heavy (non-hydrogen) atoms. The number of imide groups is 1. The molecule has 0 aromatic heterocycles. The Morgan fingerprint density at radius 3 is 2.26 bits per heavy atom. The van der Waals surface area contributed by atoms with Crippen molar-refractivity contribution in [3.05, 3.63) is 35.6 Å². The summed E-state index contributed by atoms with van der Waals surface area (Å²) in [6, 6.07) is 4.67. The molecular weight excluding hydrogens is 403 g/mol. The summed E-state index contributed by atoms with van der Waals surface area (Å²) in [4.78, 5) is 55.0. The zero-order valence-corrected chi connectivity index (χ0v) is 18.2. The number of rotatable bonds is 6. The first-order chi connectivity index (χ1) is 14.7. The summed E-state index contributed by atoms with van der Waals surface area (Å²) in [7, 11) is 0. The number of piperidine rings is 1. The van der Waals surface area contributed by atoms with Gasteiger partial charge in [-0.25, -0.2) is 9.18 Å². The van der Waals surface area contributed by atoms with Crippen molar-refractivity contribution < 1.29 is 23.6 Å². The molecule has 1 aromatic carbocycles. The fourth-order valence-corrected chi connectivity index (χ4v) is 4.22. The van der Waals surface area contributed by atoms with Crippen LogP contribution in [-0.2, 0) is 19.9 Å². The fourth-order valence-electron chi connectivity index (χ4n) is 4.22. The number of benzene rings is 1. The molecule has 0 radical (unpaired) electrons. The second-order valence-corrected chi connectivity index (χ2v) is 8.12. The lowest BCUT2D eigenvalue weighted by Crippen LogP contribution is -2.48. The first-order valence-electron chi connectivity index (χ1n) is 10.7. The topological polar surface area (TPSA) is 90.0 Å². The van der Waals surface area contributed by atoms with Crippen LogP contribution in [0.5, 0.6) is 0 Å². The van der Waals surface area contributed by atoms with Gasteiger partial charge in [0.05, 0.1) is 0 Å². The number of carbonyl (C=O) groups is 4. The van der Waals surface area contributed by atoms with Gasteiger partial charge in [-0.2, -0.15) is 0 Å². The summed E-state index contributed by atoms with van der Waals surface area (Å²) in [5, 5.41) is 2.62. The van der Waals surface area contributed by atoms with E-state index >= 15 is 0 Å². The Morgan fingerprint density at radius 1 is 1.13 bits per heavy atom. The Bertz CT molecular complexity index is 863. The van der Waals surface area contributed by atoms with E-state index in [1.54, 1.807) is 9.80 Å². The summed E-state index contributed by atoms with van der Waals surface area (Å²) in [6.45, 7) is 7.20. The highest BCUT2D eigenvalue weighted by atomic mass is 19.1. The van der Waals surface area contributed by atoms with E-state index in [1.807, 2.05) is 13.8 Å². The van der Waals surface area contributed by atoms with Crippen LogP contribution in [-0.4, -0.2) is 71.2 Å². The zero-order chi connectivity index (χ0) is 22.8. The summed E-state index contributed by atoms with van der Waals surface area (Å²) in [5.41, 5.74) is -0.910. The monoisotopic (exact) mass is 432 g/mol. The van der Waals surface area contributed by atoms with E-state index in [-0.39, 0.29) is 24.3 Å². The van der Waals surface area contributed by atoms with E-state index < -0.39 is 23.3 Å². The highest BCUT2D eigenvalue weighted by Crippen LogP contribution is 2.29. The minimum Gasteiger partial charge on any atom is -0.343 e. The van der Waals surface area contributed by atoms with Gasteiger partial charge in [0.1, 0.15) is 17.9 Å². The van der Waals surface area contributed by atoms with Gasteiger partial charge in [-0.3, -0.25) is 19.3 Å². The number of carbonyl (C=O) groups excluding carboxylic acids is 4. The Labute approximate surface area is 181 Å². The molecule has 2 heterocycles. The predicted molar refractivity (Wildman–Crippen MR) is 111 cm³/mol. The quantitative estimate of drug-likeness (QED) is 0.693. The van der Waals surface area contributed by atoms with Crippen LogP contribution in [0.15, 0.2) is 24.3 Å². The molecule has 1 atom stereocenters. The van der Waals surface area contributed by atoms with E-state index in [9.17, 15) is 23.6 Å². The van der Waals surface area contributed by atoms with Gasteiger partial charge in [-0.05, 0) is 51.3 Å². The standard InChI is InChI=1S/C22H29FN4O4/c1-4-25(5-2)19(29)15-10-12-26(13-11-15)18(28)14-27-20(30)22(3,24-21(27)31)16-6-8-17(23)9-7-16/h6-9,15H,4-5,10-14H2,1-3H3,(H,24,31). The average Bonchev–Trinajstić information content (AvgIpc) is 2.98. The van der Waals surface area contributed by atoms with Crippen LogP contribution in [0.1, 0.15) is 39.2 Å². The van der Waals surface area contributed by atoms with Crippen molar-refractivity contribution in [3.8, 4) is 0 Å². The van der Waals surface area contributed by atoms with Crippen LogP contribution in [0.3, 0.4) is 0 Å². The third-order valence-corrected chi connectivity index (χ3v) is 6.26. The van der Waals surface area contributed by atoms with Crippen LogP contribution in [0.25, 0.3) is 0 Å². The molecule has 1 unspecified atom stereocenters. The number of amides is 5. The molecule has 0 bridgehead atoms. The number of likely N-dealkylation sites (tertiary alicyclic amines) is 1. The Hall–Kier alpha value is -2.97. The molecule has 2 aliphatic heterocycles. The van der Waals surface area contributed by atoms with Crippen molar-refractivity contribution in [3.63, 3.8) is 0 Å². The molecular formula is C22H29FN4O4. The van der Waals surface area contributed by atoms with Gasteiger partial charge in [0.15, 0.2) is 0 Å². The zero-order valence-electron chi connectivity index (χ0n) is 18.2. The van der Waals surface area contributed by atoms with E-state index in [0.717, 1.165) is 4.90 Å². The van der Waals surface area contributed by atoms with Crippen LogP contribution in [0.4, 0.5) is 9.18 Å². The molecule has 2 fully saturated rings. The second-order valence-electron chi connectivity index (χ2n) is 8.12. The van der Waals surface area contributed by atoms with Gasteiger partial charge in [0.2, 0.25) is 11.8 Å². The Morgan fingerprint density at radius 2 is 1.71 bits per heavy atom. The highest BCUT2D eigenvalue weighted by molar-refractivity contribution is 6.09. The van der Waals surface area contributed by atoms with Crippen molar-refractivity contribution in [2.24, 2.45) is 5.92 Å². The highest BCUT2D eigenvalue weighted by Gasteiger charge is 2.49. The Balaban J connectivity index is 1.61. The van der Waals surface area contributed by atoms with E-state index in [2.05, 4.69) is 5.32 Å². The van der Waals surface area contributed by atoms with Crippen molar-refractivity contribution >= 4 is 23.8 Å². The van der Waals surface area contributed by atoms with Crippen LogP contribution in [0, 0.1) is 11.7 Å². The van der Waals surface area contributed by atoms with Crippen LogP contribution in [0.2, 0.25) is 0 Å². The van der Waals surface area contributed by atoms with Crippen LogP contribution >= 0.6 is 0 Å². The second kappa shape index (κ2) is 9.03. The van der Waals surface area contributed by atoms with E-state index in [1.165, 1.54) is 31.2 Å². The summed E-state index contributed by atoms with van der Waals surface area (Å²) in [5.74, 6) is -1.33. The normalized spacial score (nSPS) is 21.9. The number of nitrogens with one attached hydrogen (secondary N) is 1. The Kier molecular flexibility index (Phi) is 6.62. The minimum absolute atomic E-state index is 0.109. The molecule has 3 rings (SSSR count).